The van der Waals surface area contributed by atoms with E-state index < -0.39 is 0 Å². The van der Waals surface area contributed by atoms with Crippen LogP contribution < -0.4 is 15.5 Å². The van der Waals surface area contributed by atoms with E-state index in [2.05, 4.69) is 42.2 Å². The molecule has 1 fully saturated rings. The van der Waals surface area contributed by atoms with Crippen LogP contribution in [0.25, 0.3) is 10.9 Å². The average Bonchev–Trinajstić information content (AvgIpc) is 3.44. The highest BCUT2D eigenvalue weighted by Gasteiger charge is 2.15. The van der Waals surface area contributed by atoms with E-state index in [0.717, 1.165) is 58.4 Å². The van der Waals surface area contributed by atoms with Crippen molar-refractivity contribution in [1.82, 2.24) is 14.5 Å². The summed E-state index contributed by atoms with van der Waals surface area (Å²) in [7, 11) is 2.00. The molecule has 1 saturated heterocycles. The molecule has 3 heterocycles. The second kappa shape index (κ2) is 8.94. The van der Waals surface area contributed by atoms with Crippen LogP contribution >= 0.6 is 0 Å². The van der Waals surface area contributed by atoms with Crippen molar-refractivity contribution >= 4 is 39.8 Å². The van der Waals surface area contributed by atoms with E-state index >= 15 is 0 Å². The zero-order valence-corrected chi connectivity index (χ0v) is 19.0. The molecule has 5 rings (SSSR count). The Morgan fingerprint density at radius 1 is 1.00 bits per heavy atom. The smallest absolute Gasteiger partial charge is 0.228 e. The summed E-state index contributed by atoms with van der Waals surface area (Å²) in [5.41, 5.74) is 3.83. The van der Waals surface area contributed by atoms with E-state index in [1.54, 1.807) is 0 Å². The van der Waals surface area contributed by atoms with Crippen LogP contribution in [0.1, 0.15) is 24.2 Å². The van der Waals surface area contributed by atoms with E-state index in [-0.39, 0.29) is 5.91 Å². The first-order valence-corrected chi connectivity index (χ1v) is 11.4. The molecule has 0 bridgehead atoms. The van der Waals surface area contributed by atoms with Gasteiger partial charge in [-0.15, -0.1) is 0 Å². The van der Waals surface area contributed by atoms with Crippen LogP contribution in [0.3, 0.4) is 0 Å². The van der Waals surface area contributed by atoms with Gasteiger partial charge in [0.1, 0.15) is 17.5 Å². The lowest BCUT2D eigenvalue weighted by atomic mass is 10.1. The van der Waals surface area contributed by atoms with Gasteiger partial charge in [-0.3, -0.25) is 4.79 Å². The van der Waals surface area contributed by atoms with E-state index in [1.807, 2.05) is 62.6 Å². The molecule has 0 radical (unpaired) electrons. The van der Waals surface area contributed by atoms with Crippen molar-refractivity contribution in [2.24, 2.45) is 7.05 Å². The third-order valence-corrected chi connectivity index (χ3v) is 6.03. The molecule has 0 atom stereocenters. The van der Waals surface area contributed by atoms with Crippen molar-refractivity contribution in [2.75, 3.05) is 28.6 Å². The van der Waals surface area contributed by atoms with Crippen molar-refractivity contribution in [2.45, 2.75) is 26.2 Å². The summed E-state index contributed by atoms with van der Waals surface area (Å²) in [6.45, 7) is 4.01. The minimum atomic E-state index is -0.0336. The molecule has 7 nitrogen and oxygen atoms in total. The topological polar surface area (TPSA) is 75.1 Å². The average molecular weight is 441 g/mol. The molecule has 2 N–H and O–H groups in total. The van der Waals surface area contributed by atoms with Crippen molar-refractivity contribution in [3.05, 3.63) is 72.2 Å². The molecule has 2 aromatic carbocycles. The molecule has 1 aliphatic heterocycles. The Bertz CT molecular complexity index is 1290. The molecule has 7 heteroatoms. The highest BCUT2D eigenvalue weighted by atomic mass is 16.1. The summed E-state index contributed by atoms with van der Waals surface area (Å²) in [6, 6.07) is 17.8. The van der Waals surface area contributed by atoms with Crippen LogP contribution in [-0.4, -0.2) is 33.5 Å². The van der Waals surface area contributed by atoms with E-state index in [0.29, 0.717) is 6.42 Å². The number of benzene rings is 2. The summed E-state index contributed by atoms with van der Waals surface area (Å²) in [5.74, 6) is 2.46. The number of anilines is 4. The predicted molar refractivity (Wildman–Crippen MR) is 133 cm³/mol. The fraction of sp³-hybridized carbons (Fsp3) is 0.269. The first kappa shape index (κ1) is 21.0. The Kier molecular flexibility index (Phi) is 5.69. The molecule has 0 spiro atoms. The molecule has 4 aromatic rings. The van der Waals surface area contributed by atoms with Gasteiger partial charge in [-0.1, -0.05) is 18.2 Å². The van der Waals surface area contributed by atoms with E-state index in [1.165, 1.54) is 12.8 Å². The maximum absolute atomic E-state index is 12.7. The number of nitrogens with zero attached hydrogens (tertiary/aromatic N) is 4. The van der Waals surface area contributed by atoms with Gasteiger partial charge < -0.3 is 20.1 Å². The van der Waals surface area contributed by atoms with Crippen molar-refractivity contribution in [1.29, 1.82) is 0 Å². The molecule has 168 valence electrons. The number of para-hydroxylation sites is 1. The monoisotopic (exact) mass is 440 g/mol. The maximum atomic E-state index is 12.7. The van der Waals surface area contributed by atoms with Gasteiger partial charge in [-0.25, -0.2) is 9.97 Å². The van der Waals surface area contributed by atoms with Gasteiger partial charge >= 0.3 is 0 Å². The number of aromatic nitrogens is 3. The van der Waals surface area contributed by atoms with Crippen molar-refractivity contribution in [3.63, 3.8) is 0 Å². The highest BCUT2D eigenvalue weighted by Crippen LogP contribution is 2.24. The van der Waals surface area contributed by atoms with Gasteiger partial charge in [0, 0.05) is 54.7 Å². The van der Waals surface area contributed by atoms with Gasteiger partial charge in [0.15, 0.2) is 0 Å². The Balaban J connectivity index is 1.24. The van der Waals surface area contributed by atoms with Gasteiger partial charge in [0.05, 0.1) is 6.42 Å². The number of hydrogen-bond acceptors (Lipinski definition) is 5. The lowest BCUT2D eigenvalue weighted by Gasteiger charge is -2.18. The molecule has 1 aliphatic rings. The van der Waals surface area contributed by atoms with Crippen LogP contribution in [0.2, 0.25) is 0 Å². The zero-order valence-electron chi connectivity index (χ0n) is 19.0. The number of nitrogens with one attached hydrogen (secondary N) is 2. The molecule has 2 aromatic heterocycles. The second-order valence-corrected chi connectivity index (χ2v) is 8.56. The number of carbonyl (C=O) groups excluding carboxylic acids is 1. The maximum Gasteiger partial charge on any atom is 0.228 e. The standard InChI is InChI=1S/C26H28N6O/c1-18-27-24(16-25(28-18)32-13-5-6-14-32)29-20-9-11-21(12-10-20)30-26(33)15-19-17-31(2)23-8-4-3-7-22(19)23/h3-4,7-12,16-17H,5-6,13-15H2,1-2H3,(H,30,33)(H,27,28,29). The Morgan fingerprint density at radius 3 is 2.52 bits per heavy atom. The number of fused-ring (bicyclic) bond motifs is 1. The fourth-order valence-corrected chi connectivity index (χ4v) is 4.45. The summed E-state index contributed by atoms with van der Waals surface area (Å²) >= 11 is 0. The number of hydrogen-bond donors (Lipinski definition) is 2. The van der Waals surface area contributed by atoms with Gasteiger partial charge in [-0.05, 0) is 55.7 Å². The summed E-state index contributed by atoms with van der Waals surface area (Å²) in [4.78, 5) is 24.1. The van der Waals surface area contributed by atoms with Crippen molar-refractivity contribution < 1.29 is 4.79 Å². The number of aryl methyl sites for hydroxylation is 2. The molecule has 0 saturated carbocycles. The molecule has 1 amide bonds. The SMILES string of the molecule is Cc1nc(Nc2ccc(NC(=O)Cc3cn(C)c4ccccc34)cc2)cc(N2CCCC2)n1. The van der Waals surface area contributed by atoms with Gasteiger partial charge in [0.25, 0.3) is 0 Å². The van der Waals surface area contributed by atoms with E-state index in [4.69, 9.17) is 0 Å². The first-order valence-electron chi connectivity index (χ1n) is 11.4. The number of amides is 1. The Labute approximate surface area is 193 Å². The Hall–Kier alpha value is -3.87. The first-order chi connectivity index (χ1) is 16.0. The highest BCUT2D eigenvalue weighted by molar-refractivity contribution is 5.96. The van der Waals surface area contributed by atoms with Crippen LogP contribution in [0.5, 0.6) is 0 Å². The lowest BCUT2D eigenvalue weighted by Crippen LogP contribution is -2.19. The summed E-state index contributed by atoms with van der Waals surface area (Å²) in [6.07, 6.45) is 4.78. The lowest BCUT2D eigenvalue weighted by molar-refractivity contribution is -0.115. The second-order valence-electron chi connectivity index (χ2n) is 8.56. The van der Waals surface area contributed by atoms with Crippen LogP contribution in [0, 0.1) is 6.92 Å². The summed E-state index contributed by atoms with van der Waals surface area (Å²) in [5, 5.41) is 7.48. The van der Waals surface area contributed by atoms with Crippen LogP contribution in [-0.2, 0) is 18.3 Å². The Morgan fingerprint density at radius 2 is 1.73 bits per heavy atom. The minimum absolute atomic E-state index is 0.0336. The van der Waals surface area contributed by atoms with Crippen molar-refractivity contribution in [3.8, 4) is 0 Å². The summed E-state index contributed by atoms with van der Waals surface area (Å²) < 4.78 is 2.06. The third kappa shape index (κ3) is 4.67. The molecule has 0 unspecified atom stereocenters. The van der Waals surface area contributed by atoms with Crippen LogP contribution in [0.4, 0.5) is 23.0 Å². The fourth-order valence-electron chi connectivity index (χ4n) is 4.45. The number of carbonyl (C=O) groups is 1. The zero-order chi connectivity index (χ0) is 22.8. The predicted octanol–water partition coefficient (Wildman–Crippen LogP) is 4.80. The molecular weight excluding hydrogens is 412 g/mol. The largest absolute Gasteiger partial charge is 0.356 e. The van der Waals surface area contributed by atoms with Gasteiger partial charge in [-0.2, -0.15) is 0 Å². The third-order valence-electron chi connectivity index (χ3n) is 6.03. The minimum Gasteiger partial charge on any atom is -0.356 e. The number of rotatable bonds is 6. The quantitative estimate of drug-likeness (QED) is 0.450. The molecule has 0 aliphatic carbocycles. The molecule has 33 heavy (non-hydrogen) atoms. The van der Waals surface area contributed by atoms with Crippen LogP contribution in [0.15, 0.2) is 60.8 Å². The van der Waals surface area contributed by atoms with E-state index in [9.17, 15) is 4.79 Å². The molecular formula is C26H28N6O. The van der Waals surface area contributed by atoms with Gasteiger partial charge in [0.2, 0.25) is 5.91 Å². The normalized spacial score (nSPS) is 13.5.